The molecule has 0 aromatic heterocycles. The molecule has 2 N–H and O–H groups in total. The van der Waals surface area contributed by atoms with E-state index >= 15 is 0 Å². The lowest BCUT2D eigenvalue weighted by molar-refractivity contribution is 0.0686. The van der Waals surface area contributed by atoms with Gasteiger partial charge in [0.05, 0.1) is 30.5 Å². The standard InChI is InChI=1S/C19H21O7P/c1-3-25-27(24,26-4-2)12-16-11-15(19(22)23)9-10-17(16)13-5-7-14(8-6-13)18(20)21/h5-11H,3-4,12H2,1-2H3,(H,20,21)(H,22,23). The van der Waals surface area contributed by atoms with Crippen LogP contribution in [0.25, 0.3) is 11.1 Å². The van der Waals surface area contributed by atoms with Gasteiger partial charge in [-0.25, -0.2) is 9.59 Å². The Bertz CT molecular complexity index is 864. The third-order valence-corrected chi connectivity index (χ3v) is 5.84. The number of carboxylic acid groups (broad SMARTS) is 2. The number of hydrogen-bond donors (Lipinski definition) is 2. The predicted molar refractivity (Wildman–Crippen MR) is 100 cm³/mol. The van der Waals surface area contributed by atoms with Crippen molar-refractivity contribution in [3.05, 3.63) is 59.2 Å². The van der Waals surface area contributed by atoms with Crippen LogP contribution >= 0.6 is 7.60 Å². The molecule has 0 saturated heterocycles. The van der Waals surface area contributed by atoms with Gasteiger partial charge < -0.3 is 19.3 Å². The molecule has 0 heterocycles. The molecule has 27 heavy (non-hydrogen) atoms. The van der Waals surface area contributed by atoms with E-state index in [0.29, 0.717) is 16.7 Å². The van der Waals surface area contributed by atoms with Crippen LogP contribution < -0.4 is 0 Å². The average molecular weight is 392 g/mol. The summed E-state index contributed by atoms with van der Waals surface area (Å²) in [5, 5.41) is 18.3. The van der Waals surface area contributed by atoms with E-state index in [1.807, 2.05) is 0 Å². The van der Waals surface area contributed by atoms with Gasteiger partial charge in [0.15, 0.2) is 0 Å². The predicted octanol–water partition coefficient (Wildman–Crippen LogP) is 4.52. The van der Waals surface area contributed by atoms with Crippen LogP contribution in [0.2, 0.25) is 0 Å². The zero-order chi connectivity index (χ0) is 20.0. The second-order valence-corrected chi connectivity index (χ2v) is 7.72. The van der Waals surface area contributed by atoms with Crippen molar-refractivity contribution < 1.29 is 33.4 Å². The number of rotatable bonds is 9. The Balaban J connectivity index is 2.52. The first-order chi connectivity index (χ1) is 12.8. The van der Waals surface area contributed by atoms with Crippen molar-refractivity contribution in [1.82, 2.24) is 0 Å². The van der Waals surface area contributed by atoms with Crippen LogP contribution in [0.5, 0.6) is 0 Å². The van der Waals surface area contributed by atoms with Gasteiger partial charge in [0.2, 0.25) is 0 Å². The van der Waals surface area contributed by atoms with E-state index in [0.717, 1.165) is 0 Å². The van der Waals surface area contributed by atoms with Gasteiger partial charge in [-0.3, -0.25) is 4.57 Å². The summed E-state index contributed by atoms with van der Waals surface area (Å²) in [6.45, 7) is 3.78. The molecular weight excluding hydrogens is 371 g/mol. The summed E-state index contributed by atoms with van der Waals surface area (Å²) >= 11 is 0. The minimum atomic E-state index is -3.45. The number of carboxylic acids is 2. The van der Waals surface area contributed by atoms with E-state index in [1.165, 1.54) is 24.3 Å². The minimum absolute atomic E-state index is 0.0513. The van der Waals surface area contributed by atoms with Crippen molar-refractivity contribution in [2.24, 2.45) is 0 Å². The second kappa shape index (κ2) is 8.95. The van der Waals surface area contributed by atoms with Gasteiger partial charge in [0, 0.05) is 0 Å². The first kappa shape index (κ1) is 20.8. The van der Waals surface area contributed by atoms with Gasteiger partial charge >= 0.3 is 19.5 Å². The molecule has 0 fully saturated rings. The molecule has 0 aliphatic carbocycles. The van der Waals surface area contributed by atoms with Crippen LogP contribution in [0.1, 0.15) is 40.1 Å². The fourth-order valence-electron chi connectivity index (χ4n) is 2.66. The smallest absolute Gasteiger partial charge is 0.335 e. The molecule has 0 unspecified atom stereocenters. The number of hydrogen-bond acceptors (Lipinski definition) is 5. The van der Waals surface area contributed by atoms with Crippen molar-refractivity contribution in [3.63, 3.8) is 0 Å². The molecule has 0 aliphatic rings. The van der Waals surface area contributed by atoms with E-state index in [-0.39, 0.29) is 30.5 Å². The molecule has 2 aromatic carbocycles. The highest BCUT2D eigenvalue weighted by Crippen LogP contribution is 2.52. The van der Waals surface area contributed by atoms with E-state index in [2.05, 4.69) is 0 Å². The SMILES string of the molecule is CCOP(=O)(Cc1cc(C(=O)O)ccc1-c1ccc(C(=O)O)cc1)OCC. The lowest BCUT2D eigenvalue weighted by atomic mass is 9.97. The van der Waals surface area contributed by atoms with E-state index in [1.54, 1.807) is 32.0 Å². The van der Waals surface area contributed by atoms with Gasteiger partial charge in [-0.2, -0.15) is 0 Å². The summed E-state index contributed by atoms with van der Waals surface area (Å²) < 4.78 is 23.6. The zero-order valence-electron chi connectivity index (χ0n) is 15.0. The molecule has 2 rings (SSSR count). The van der Waals surface area contributed by atoms with Crippen LogP contribution in [0.4, 0.5) is 0 Å². The molecular formula is C19H21O7P. The molecule has 8 heteroatoms. The number of carbonyl (C=O) groups is 2. The number of benzene rings is 2. The highest BCUT2D eigenvalue weighted by molar-refractivity contribution is 7.53. The van der Waals surface area contributed by atoms with Crippen LogP contribution in [0.3, 0.4) is 0 Å². The van der Waals surface area contributed by atoms with Crippen LogP contribution in [-0.2, 0) is 19.8 Å². The van der Waals surface area contributed by atoms with Gasteiger partial charge in [-0.15, -0.1) is 0 Å². The molecule has 144 valence electrons. The summed E-state index contributed by atoms with van der Waals surface area (Å²) in [6.07, 6.45) is -0.0915. The molecule has 2 aromatic rings. The van der Waals surface area contributed by atoms with Crippen molar-refractivity contribution in [3.8, 4) is 11.1 Å². The summed E-state index contributed by atoms with van der Waals surface area (Å²) in [7, 11) is -3.45. The molecule has 0 amide bonds. The highest BCUT2D eigenvalue weighted by atomic mass is 31.2. The minimum Gasteiger partial charge on any atom is -0.478 e. The van der Waals surface area contributed by atoms with Crippen molar-refractivity contribution in [2.75, 3.05) is 13.2 Å². The van der Waals surface area contributed by atoms with Crippen molar-refractivity contribution in [2.45, 2.75) is 20.0 Å². The molecule has 0 atom stereocenters. The lowest BCUT2D eigenvalue weighted by Crippen LogP contribution is -2.03. The third-order valence-electron chi connectivity index (χ3n) is 3.81. The maximum absolute atomic E-state index is 12.9. The quantitative estimate of drug-likeness (QED) is 0.604. The largest absolute Gasteiger partial charge is 0.478 e. The second-order valence-electron chi connectivity index (χ2n) is 5.66. The molecule has 0 saturated carbocycles. The molecule has 0 spiro atoms. The number of aromatic carboxylic acids is 2. The third kappa shape index (κ3) is 5.26. The van der Waals surface area contributed by atoms with Gasteiger partial charge in [-0.1, -0.05) is 18.2 Å². The van der Waals surface area contributed by atoms with Crippen LogP contribution in [0.15, 0.2) is 42.5 Å². The van der Waals surface area contributed by atoms with Gasteiger partial charge in [0.1, 0.15) is 0 Å². The molecule has 7 nitrogen and oxygen atoms in total. The van der Waals surface area contributed by atoms with E-state index in [9.17, 15) is 19.3 Å². The Kier molecular flexibility index (Phi) is 6.91. The Morgan fingerprint density at radius 1 is 0.889 bits per heavy atom. The summed E-state index contributed by atoms with van der Waals surface area (Å²) in [6, 6.07) is 10.6. The molecule has 0 radical (unpaired) electrons. The lowest BCUT2D eigenvalue weighted by Gasteiger charge is -2.19. The highest BCUT2D eigenvalue weighted by Gasteiger charge is 2.26. The van der Waals surface area contributed by atoms with Gasteiger partial charge in [0.25, 0.3) is 0 Å². The monoisotopic (exact) mass is 392 g/mol. The normalized spacial score (nSPS) is 11.3. The van der Waals surface area contributed by atoms with Crippen LogP contribution in [0, 0.1) is 0 Å². The fraction of sp³-hybridized carbons (Fsp3) is 0.263. The fourth-order valence-corrected chi connectivity index (χ4v) is 4.38. The molecule has 0 bridgehead atoms. The Morgan fingerprint density at radius 3 is 1.89 bits per heavy atom. The summed E-state index contributed by atoms with van der Waals surface area (Å²) in [5.74, 6) is -2.15. The topological polar surface area (TPSA) is 110 Å². The van der Waals surface area contributed by atoms with E-state index < -0.39 is 19.5 Å². The van der Waals surface area contributed by atoms with Crippen LogP contribution in [-0.4, -0.2) is 35.4 Å². The average Bonchev–Trinajstić information content (AvgIpc) is 2.62. The van der Waals surface area contributed by atoms with Crippen molar-refractivity contribution in [1.29, 1.82) is 0 Å². The first-order valence-corrected chi connectivity index (χ1v) is 10.1. The maximum atomic E-state index is 12.9. The van der Waals surface area contributed by atoms with E-state index in [4.69, 9.17) is 14.2 Å². The Labute approximate surface area is 157 Å². The summed E-state index contributed by atoms with van der Waals surface area (Å²) in [5.41, 5.74) is 1.98. The zero-order valence-corrected chi connectivity index (χ0v) is 15.9. The Morgan fingerprint density at radius 2 is 1.41 bits per heavy atom. The summed E-state index contributed by atoms with van der Waals surface area (Å²) in [4.78, 5) is 22.4. The Hall–Kier alpha value is -2.47. The van der Waals surface area contributed by atoms with Crippen molar-refractivity contribution >= 4 is 19.5 Å². The molecule has 0 aliphatic heterocycles. The first-order valence-electron chi connectivity index (χ1n) is 8.37. The maximum Gasteiger partial charge on any atom is 0.335 e. The van der Waals surface area contributed by atoms with Gasteiger partial charge in [-0.05, 0) is 54.8 Å².